The van der Waals surface area contributed by atoms with Gasteiger partial charge in [0, 0.05) is 49.2 Å². The number of hydrogen-bond acceptors (Lipinski definition) is 6. The van der Waals surface area contributed by atoms with E-state index in [2.05, 4.69) is 38.8 Å². The molecule has 1 unspecified atom stereocenters. The molecule has 0 spiro atoms. The fourth-order valence-electron chi connectivity index (χ4n) is 5.00. The molecule has 1 atom stereocenters. The Morgan fingerprint density at radius 2 is 1.97 bits per heavy atom. The topological polar surface area (TPSA) is 70.2 Å². The summed E-state index contributed by atoms with van der Waals surface area (Å²) < 4.78 is 5.31. The lowest BCUT2D eigenvalue weighted by Crippen LogP contribution is -2.36. The molecule has 2 aliphatic rings. The van der Waals surface area contributed by atoms with Crippen molar-refractivity contribution in [2.45, 2.75) is 51.6 Å². The Balaban J connectivity index is 1.36. The first kappa shape index (κ1) is 20.9. The van der Waals surface area contributed by atoms with E-state index in [0.717, 1.165) is 80.9 Å². The van der Waals surface area contributed by atoms with Gasteiger partial charge in [0.25, 0.3) is 0 Å². The van der Waals surface area contributed by atoms with Crippen LogP contribution in [0.1, 0.15) is 53.7 Å². The highest BCUT2D eigenvalue weighted by Crippen LogP contribution is 2.32. The van der Waals surface area contributed by atoms with Gasteiger partial charge >= 0.3 is 0 Å². The number of H-pyrrole nitrogens is 1. The highest BCUT2D eigenvalue weighted by Gasteiger charge is 2.28. The maximum atomic E-state index is 5.31. The van der Waals surface area contributed by atoms with Crippen molar-refractivity contribution in [1.82, 2.24) is 24.8 Å². The van der Waals surface area contributed by atoms with Crippen molar-refractivity contribution in [1.29, 1.82) is 0 Å². The van der Waals surface area contributed by atoms with Gasteiger partial charge in [-0.1, -0.05) is 12.1 Å². The van der Waals surface area contributed by atoms with E-state index in [1.165, 1.54) is 17.5 Å². The van der Waals surface area contributed by atoms with Crippen LogP contribution < -0.4 is 9.64 Å². The number of piperidine rings is 1. The quantitative estimate of drug-likeness (QED) is 0.638. The molecule has 0 aliphatic carbocycles. The maximum Gasteiger partial charge on any atom is 0.136 e. The summed E-state index contributed by atoms with van der Waals surface area (Å²) in [5.74, 6) is 4.43. The summed E-state index contributed by atoms with van der Waals surface area (Å²) >= 11 is 0. The van der Waals surface area contributed by atoms with Crippen LogP contribution in [0, 0.1) is 6.92 Å². The molecule has 0 amide bonds. The van der Waals surface area contributed by atoms with E-state index in [0.29, 0.717) is 5.92 Å². The van der Waals surface area contributed by atoms with Crippen molar-refractivity contribution >= 4 is 5.82 Å². The van der Waals surface area contributed by atoms with Crippen molar-refractivity contribution in [3.8, 4) is 5.75 Å². The number of aromatic amines is 1. The van der Waals surface area contributed by atoms with Crippen LogP contribution in [0.3, 0.4) is 0 Å². The Morgan fingerprint density at radius 1 is 1.09 bits per heavy atom. The van der Waals surface area contributed by atoms with Gasteiger partial charge in [-0.05, 0) is 56.8 Å². The van der Waals surface area contributed by atoms with Crippen LogP contribution in [0.2, 0.25) is 0 Å². The molecule has 5 rings (SSSR count). The van der Waals surface area contributed by atoms with E-state index in [4.69, 9.17) is 14.7 Å². The highest BCUT2D eigenvalue weighted by molar-refractivity contribution is 5.52. The van der Waals surface area contributed by atoms with Crippen molar-refractivity contribution in [2.75, 3.05) is 31.6 Å². The molecule has 3 aromatic rings. The van der Waals surface area contributed by atoms with Crippen molar-refractivity contribution in [2.24, 2.45) is 0 Å². The molecular weight excluding hydrogens is 400 g/mol. The second-order valence-electron chi connectivity index (χ2n) is 8.95. The lowest BCUT2D eigenvalue weighted by molar-refractivity contribution is 0.192. The second kappa shape index (κ2) is 9.28. The number of rotatable bonds is 6. The van der Waals surface area contributed by atoms with Crippen molar-refractivity contribution in [3.05, 3.63) is 65.1 Å². The number of methoxy groups -OCH3 is 1. The molecule has 7 heteroatoms. The zero-order chi connectivity index (χ0) is 21.9. The zero-order valence-corrected chi connectivity index (χ0v) is 19.0. The number of imidazole rings is 1. The molecular formula is C25H32N6O. The Morgan fingerprint density at radius 3 is 2.75 bits per heavy atom. The largest absolute Gasteiger partial charge is 0.497 e. The minimum atomic E-state index is 0.368. The zero-order valence-electron chi connectivity index (χ0n) is 19.0. The number of hydrogen-bond donors (Lipinski definition) is 1. The van der Waals surface area contributed by atoms with Gasteiger partial charge in [0.05, 0.1) is 13.7 Å². The van der Waals surface area contributed by atoms with Crippen molar-refractivity contribution < 1.29 is 4.74 Å². The standard InChI is InChI=1S/C25H32N6O/c1-18-22-6-4-14-31(15-19-7-9-21(32-2)10-8-19)25(22)29-24(28-18)20-5-3-13-30(16-20)17-23-26-11-12-27-23/h7-12,20H,3-6,13-17H2,1-2H3,(H,26,27). The molecule has 2 aliphatic heterocycles. The number of likely N-dealkylation sites (tertiary alicyclic amines) is 1. The van der Waals surface area contributed by atoms with Crippen LogP contribution in [0.4, 0.5) is 5.82 Å². The number of anilines is 1. The van der Waals surface area contributed by atoms with E-state index in [9.17, 15) is 0 Å². The summed E-state index contributed by atoms with van der Waals surface area (Å²) in [6, 6.07) is 8.37. The Labute approximate surface area is 189 Å². The Kier molecular flexibility index (Phi) is 6.08. The number of ether oxygens (including phenoxy) is 1. The van der Waals surface area contributed by atoms with Crippen LogP contribution in [0.5, 0.6) is 5.75 Å². The van der Waals surface area contributed by atoms with Gasteiger partial charge < -0.3 is 14.6 Å². The molecule has 2 aromatic heterocycles. The minimum absolute atomic E-state index is 0.368. The van der Waals surface area contributed by atoms with Gasteiger partial charge in [0.1, 0.15) is 23.2 Å². The van der Waals surface area contributed by atoms with Crippen LogP contribution in [-0.4, -0.2) is 51.6 Å². The van der Waals surface area contributed by atoms with Gasteiger partial charge in [-0.25, -0.2) is 15.0 Å². The first-order valence-corrected chi connectivity index (χ1v) is 11.7. The van der Waals surface area contributed by atoms with E-state index in [-0.39, 0.29) is 0 Å². The molecule has 7 nitrogen and oxygen atoms in total. The number of benzene rings is 1. The highest BCUT2D eigenvalue weighted by atomic mass is 16.5. The molecule has 0 radical (unpaired) electrons. The van der Waals surface area contributed by atoms with E-state index in [1.807, 2.05) is 24.5 Å². The average Bonchev–Trinajstić information content (AvgIpc) is 3.33. The minimum Gasteiger partial charge on any atom is -0.497 e. The maximum absolute atomic E-state index is 5.31. The molecule has 1 N–H and O–H groups in total. The number of aryl methyl sites for hydroxylation is 1. The van der Waals surface area contributed by atoms with Crippen LogP contribution in [-0.2, 0) is 19.5 Å². The van der Waals surface area contributed by atoms with Crippen LogP contribution >= 0.6 is 0 Å². The lowest BCUT2D eigenvalue weighted by atomic mass is 9.96. The molecule has 1 saturated heterocycles. The first-order chi connectivity index (χ1) is 15.7. The molecule has 168 valence electrons. The molecule has 0 saturated carbocycles. The number of aromatic nitrogens is 4. The van der Waals surface area contributed by atoms with E-state index in [1.54, 1.807) is 7.11 Å². The third-order valence-electron chi connectivity index (χ3n) is 6.70. The fraction of sp³-hybridized carbons (Fsp3) is 0.480. The average molecular weight is 433 g/mol. The summed E-state index contributed by atoms with van der Waals surface area (Å²) in [5.41, 5.74) is 3.74. The van der Waals surface area contributed by atoms with Crippen LogP contribution in [0.25, 0.3) is 0 Å². The summed E-state index contributed by atoms with van der Waals surface area (Å²) in [7, 11) is 1.71. The third kappa shape index (κ3) is 4.48. The SMILES string of the molecule is COc1ccc(CN2CCCc3c(C)nc(C4CCCN(Cc5ncc[nH]5)C4)nc32)cc1. The van der Waals surface area contributed by atoms with Gasteiger partial charge in [-0.2, -0.15) is 0 Å². The van der Waals surface area contributed by atoms with E-state index >= 15 is 0 Å². The van der Waals surface area contributed by atoms with Gasteiger partial charge in [-0.15, -0.1) is 0 Å². The van der Waals surface area contributed by atoms with Gasteiger partial charge in [0.15, 0.2) is 0 Å². The van der Waals surface area contributed by atoms with Gasteiger partial charge in [-0.3, -0.25) is 4.90 Å². The Hall–Kier alpha value is -2.93. The smallest absolute Gasteiger partial charge is 0.136 e. The Bertz CT molecular complexity index is 1030. The number of nitrogens with one attached hydrogen (secondary N) is 1. The number of fused-ring (bicyclic) bond motifs is 1. The summed E-state index contributed by atoms with van der Waals surface area (Å²) in [6.45, 7) is 7.00. The fourth-order valence-corrected chi connectivity index (χ4v) is 5.00. The molecule has 32 heavy (non-hydrogen) atoms. The van der Waals surface area contributed by atoms with Gasteiger partial charge in [0.2, 0.25) is 0 Å². The molecule has 1 fully saturated rings. The third-order valence-corrected chi connectivity index (χ3v) is 6.70. The first-order valence-electron chi connectivity index (χ1n) is 11.7. The summed E-state index contributed by atoms with van der Waals surface area (Å²) in [5, 5.41) is 0. The molecule has 1 aromatic carbocycles. The normalized spacial score (nSPS) is 19.1. The molecule has 0 bridgehead atoms. The predicted octanol–water partition coefficient (Wildman–Crippen LogP) is 3.85. The van der Waals surface area contributed by atoms with Crippen LogP contribution in [0.15, 0.2) is 36.7 Å². The second-order valence-corrected chi connectivity index (χ2v) is 8.95. The monoisotopic (exact) mass is 432 g/mol. The molecule has 4 heterocycles. The van der Waals surface area contributed by atoms with E-state index < -0.39 is 0 Å². The lowest BCUT2D eigenvalue weighted by Gasteiger charge is -2.34. The van der Waals surface area contributed by atoms with Crippen molar-refractivity contribution in [3.63, 3.8) is 0 Å². The summed E-state index contributed by atoms with van der Waals surface area (Å²) in [6.07, 6.45) is 8.24. The number of nitrogens with zero attached hydrogens (tertiary/aromatic N) is 5. The predicted molar refractivity (Wildman–Crippen MR) is 125 cm³/mol. The summed E-state index contributed by atoms with van der Waals surface area (Å²) in [4.78, 5) is 22.7.